The average molecular weight is 643 g/mol. The predicted molar refractivity (Wildman–Crippen MR) is 189 cm³/mol. The minimum Gasteiger partial charge on any atom is -0.463 e. The Morgan fingerprint density at radius 1 is 0.830 bits per heavy atom. The van der Waals surface area contributed by atoms with Crippen LogP contribution in [0.25, 0.3) is 5.76 Å². The number of allylic oxidation sites excluding steroid dienone is 1. The van der Waals surface area contributed by atoms with Crippen LogP contribution in [-0.2, 0) is 50.2 Å². The van der Waals surface area contributed by atoms with Crippen molar-refractivity contribution >= 4 is 23.6 Å². The van der Waals surface area contributed by atoms with Crippen LogP contribution in [0.15, 0.2) is 66.7 Å². The van der Waals surface area contributed by atoms with Gasteiger partial charge in [0.25, 0.3) is 0 Å². The summed E-state index contributed by atoms with van der Waals surface area (Å²) < 4.78 is 13.4. The van der Waals surface area contributed by atoms with Crippen LogP contribution < -0.4 is 5.32 Å². The molecule has 0 saturated carbocycles. The van der Waals surface area contributed by atoms with Gasteiger partial charge in [0, 0.05) is 33.0 Å². The van der Waals surface area contributed by atoms with Gasteiger partial charge in [0.2, 0.25) is 5.91 Å². The Morgan fingerprint density at radius 2 is 1.40 bits per heavy atom. The summed E-state index contributed by atoms with van der Waals surface area (Å²) in [6.07, 6.45) is 6.58. The molecule has 0 spiro atoms. The Kier molecular flexibility index (Phi) is 14.1. The first-order valence-corrected chi connectivity index (χ1v) is 16.9. The number of carbonyl (C=O) groups is 3. The second-order valence-corrected chi connectivity index (χ2v) is 13.5. The number of rotatable bonds is 17. The van der Waals surface area contributed by atoms with Crippen LogP contribution in [0.2, 0.25) is 0 Å². The number of esters is 2. The van der Waals surface area contributed by atoms with Gasteiger partial charge in [-0.3, -0.25) is 14.4 Å². The van der Waals surface area contributed by atoms with Gasteiger partial charge in [-0.2, -0.15) is 0 Å². The summed E-state index contributed by atoms with van der Waals surface area (Å²) >= 11 is 0. The molecule has 3 rings (SSSR count). The lowest BCUT2D eigenvalue weighted by Gasteiger charge is -2.30. The van der Waals surface area contributed by atoms with Crippen LogP contribution in [0.5, 0.6) is 0 Å². The highest BCUT2D eigenvalue weighted by molar-refractivity contribution is 5.77. The maximum Gasteiger partial charge on any atom is 0.311 e. The number of hydrogen-bond donors (Lipinski definition) is 1. The van der Waals surface area contributed by atoms with E-state index in [1.165, 1.54) is 36.1 Å². The third kappa shape index (κ3) is 12.2. The SMILES string of the molecule is CC(=O)N[C@](C)(CCc1ccc(C(=CCCc2ccc(C(C)C)cc2)OC(=O)CCCc2ccc(C(C)C)cc2)n1C)COC(C)=O. The van der Waals surface area contributed by atoms with E-state index in [2.05, 4.69) is 81.5 Å². The molecular formula is C40H54N2O5. The number of amides is 1. The number of nitrogens with one attached hydrogen (secondary N) is 1. The van der Waals surface area contributed by atoms with Gasteiger partial charge in [-0.1, -0.05) is 76.2 Å². The second-order valence-electron chi connectivity index (χ2n) is 13.5. The molecule has 254 valence electrons. The molecule has 0 fully saturated rings. The first-order valence-electron chi connectivity index (χ1n) is 16.9. The summed E-state index contributed by atoms with van der Waals surface area (Å²) in [5.41, 5.74) is 6.18. The number of carbonyl (C=O) groups excluding carboxylic acids is 3. The van der Waals surface area contributed by atoms with Gasteiger partial charge in [0.1, 0.15) is 6.61 Å². The van der Waals surface area contributed by atoms with Gasteiger partial charge < -0.3 is 19.4 Å². The summed E-state index contributed by atoms with van der Waals surface area (Å²) in [6.45, 7) is 13.5. The molecule has 0 aliphatic rings. The van der Waals surface area contributed by atoms with Crippen molar-refractivity contribution in [3.8, 4) is 0 Å². The van der Waals surface area contributed by atoms with E-state index in [0.29, 0.717) is 43.3 Å². The van der Waals surface area contributed by atoms with Crippen molar-refractivity contribution < 1.29 is 23.9 Å². The standard InChI is InChI=1S/C40H54N2O5/c1-28(2)34-19-15-32(16-20-34)11-9-13-38(47-39(45)14-10-12-33-17-21-35(22-18-33)29(3)4)37-24-23-36(42(37)8)25-26-40(7,41-30(5)43)27-46-31(6)44/h13,15-24,28-29H,9-12,14,25-27H2,1-8H3,(H,41,43)/t40-/m1/s1. The van der Waals surface area contributed by atoms with Crippen molar-refractivity contribution in [2.45, 2.75) is 111 Å². The molecule has 0 bridgehead atoms. The van der Waals surface area contributed by atoms with E-state index in [0.717, 1.165) is 30.7 Å². The van der Waals surface area contributed by atoms with E-state index in [4.69, 9.17) is 9.47 Å². The smallest absolute Gasteiger partial charge is 0.311 e. The third-order valence-corrected chi connectivity index (χ3v) is 8.61. The molecule has 1 atom stereocenters. The number of ether oxygens (including phenoxy) is 2. The monoisotopic (exact) mass is 642 g/mol. The first kappa shape index (κ1) is 37.3. The fraction of sp³-hybridized carbons (Fsp3) is 0.475. The molecule has 1 aromatic heterocycles. The van der Waals surface area contributed by atoms with E-state index < -0.39 is 5.54 Å². The van der Waals surface area contributed by atoms with Gasteiger partial charge in [-0.25, -0.2) is 0 Å². The highest BCUT2D eigenvalue weighted by Gasteiger charge is 2.27. The number of benzene rings is 2. The molecular weight excluding hydrogens is 588 g/mol. The molecule has 1 heterocycles. The predicted octanol–water partition coefficient (Wildman–Crippen LogP) is 8.20. The molecule has 7 heteroatoms. The topological polar surface area (TPSA) is 86.6 Å². The van der Waals surface area contributed by atoms with E-state index >= 15 is 0 Å². The average Bonchev–Trinajstić information content (AvgIpc) is 3.38. The number of aryl methyl sites for hydroxylation is 3. The minimum atomic E-state index is -0.715. The number of hydrogen-bond acceptors (Lipinski definition) is 5. The maximum absolute atomic E-state index is 13.1. The first-order chi connectivity index (χ1) is 22.3. The quantitative estimate of drug-likeness (QED) is 0.119. The maximum atomic E-state index is 13.1. The van der Waals surface area contributed by atoms with Crippen LogP contribution >= 0.6 is 0 Å². The Labute approximate surface area is 281 Å². The van der Waals surface area contributed by atoms with E-state index in [-0.39, 0.29) is 24.5 Å². The van der Waals surface area contributed by atoms with Crippen LogP contribution in [-0.4, -0.2) is 34.6 Å². The Bertz CT molecular complexity index is 1500. The Balaban J connectivity index is 1.74. The van der Waals surface area contributed by atoms with Crippen molar-refractivity contribution in [3.63, 3.8) is 0 Å². The molecule has 3 aromatic rings. The third-order valence-electron chi connectivity index (χ3n) is 8.61. The van der Waals surface area contributed by atoms with Crippen LogP contribution in [0.1, 0.15) is 120 Å². The molecule has 2 aromatic carbocycles. The van der Waals surface area contributed by atoms with Gasteiger partial charge in [0.15, 0.2) is 5.76 Å². The molecule has 7 nitrogen and oxygen atoms in total. The van der Waals surface area contributed by atoms with Gasteiger partial charge in [-0.15, -0.1) is 0 Å². The van der Waals surface area contributed by atoms with Crippen LogP contribution in [0.4, 0.5) is 0 Å². The molecule has 0 radical (unpaired) electrons. The van der Waals surface area contributed by atoms with Crippen LogP contribution in [0.3, 0.4) is 0 Å². The van der Waals surface area contributed by atoms with Crippen molar-refractivity contribution in [2.24, 2.45) is 7.05 Å². The molecule has 47 heavy (non-hydrogen) atoms. The normalized spacial score (nSPS) is 13.0. The zero-order valence-electron chi connectivity index (χ0n) is 29.7. The minimum absolute atomic E-state index is 0.0853. The largest absolute Gasteiger partial charge is 0.463 e. The molecule has 1 amide bonds. The van der Waals surface area contributed by atoms with Gasteiger partial charge in [-0.05, 0) is 97.7 Å². The van der Waals surface area contributed by atoms with Crippen molar-refractivity contribution in [3.05, 3.63) is 100 Å². The summed E-state index contributed by atoms with van der Waals surface area (Å²) in [4.78, 5) is 36.5. The van der Waals surface area contributed by atoms with Crippen LogP contribution in [0, 0.1) is 0 Å². The highest BCUT2D eigenvalue weighted by atomic mass is 16.5. The zero-order chi connectivity index (χ0) is 34.6. The lowest BCUT2D eigenvalue weighted by Crippen LogP contribution is -2.49. The zero-order valence-corrected chi connectivity index (χ0v) is 29.7. The van der Waals surface area contributed by atoms with E-state index in [1.54, 1.807) is 0 Å². The number of nitrogens with zero attached hydrogens (tertiary/aromatic N) is 1. The lowest BCUT2D eigenvalue weighted by molar-refractivity contribution is -0.144. The summed E-state index contributed by atoms with van der Waals surface area (Å²) in [5, 5.41) is 2.94. The van der Waals surface area contributed by atoms with Crippen molar-refractivity contribution in [2.75, 3.05) is 6.61 Å². The summed E-state index contributed by atoms with van der Waals surface area (Å²) in [6, 6.07) is 21.3. The summed E-state index contributed by atoms with van der Waals surface area (Å²) in [7, 11) is 1.96. The lowest BCUT2D eigenvalue weighted by atomic mass is 9.95. The van der Waals surface area contributed by atoms with E-state index in [1.807, 2.05) is 36.7 Å². The molecule has 0 saturated heterocycles. The van der Waals surface area contributed by atoms with Gasteiger partial charge >= 0.3 is 11.9 Å². The fourth-order valence-corrected chi connectivity index (χ4v) is 5.63. The highest BCUT2D eigenvalue weighted by Crippen LogP contribution is 2.25. The fourth-order valence-electron chi connectivity index (χ4n) is 5.63. The molecule has 0 aliphatic heterocycles. The van der Waals surface area contributed by atoms with Crippen molar-refractivity contribution in [1.82, 2.24) is 9.88 Å². The Hall–Kier alpha value is -4.13. The van der Waals surface area contributed by atoms with E-state index in [9.17, 15) is 14.4 Å². The Morgan fingerprint density at radius 3 is 1.94 bits per heavy atom. The molecule has 0 aliphatic carbocycles. The molecule has 1 N–H and O–H groups in total. The molecule has 0 unspecified atom stereocenters. The van der Waals surface area contributed by atoms with Gasteiger partial charge in [0.05, 0.1) is 11.2 Å². The van der Waals surface area contributed by atoms with Crippen molar-refractivity contribution in [1.29, 1.82) is 0 Å². The number of aromatic nitrogens is 1. The second kappa shape index (κ2) is 17.7. The summed E-state index contributed by atoms with van der Waals surface area (Å²) in [5.74, 6) is 0.699.